The van der Waals surface area contributed by atoms with Gasteiger partial charge in [-0.3, -0.25) is 10.1 Å². The monoisotopic (exact) mass is 296 g/mol. The van der Waals surface area contributed by atoms with Crippen molar-refractivity contribution in [2.24, 2.45) is 5.92 Å². The fraction of sp³-hybridized carbons (Fsp3) is 0.600. The molecule has 0 heterocycles. The first-order valence-corrected chi connectivity index (χ1v) is 6.93. The molecule has 0 fully saturated rings. The van der Waals surface area contributed by atoms with Crippen molar-refractivity contribution >= 4 is 5.69 Å². The number of nitro groups is 1. The molecular weight excluding hydrogens is 272 g/mol. The smallest absolute Gasteiger partial charge is 0.314 e. The third-order valence-corrected chi connectivity index (χ3v) is 2.87. The number of hydrogen-bond donors (Lipinski definition) is 1. The SMILES string of the molecule is COc1ccc(OCC(C)CNC(C)(C)C)c([N+](=O)[O-])c1. The molecule has 1 aromatic carbocycles. The van der Waals surface area contributed by atoms with Crippen LogP contribution < -0.4 is 14.8 Å². The maximum absolute atomic E-state index is 11.0. The van der Waals surface area contributed by atoms with Crippen molar-refractivity contribution < 1.29 is 14.4 Å². The number of hydrogen-bond acceptors (Lipinski definition) is 5. The molecule has 0 bridgehead atoms. The highest BCUT2D eigenvalue weighted by Crippen LogP contribution is 2.31. The predicted octanol–water partition coefficient (Wildman–Crippen LogP) is 3.01. The number of methoxy groups -OCH3 is 1. The molecule has 1 N–H and O–H groups in total. The van der Waals surface area contributed by atoms with E-state index < -0.39 is 4.92 Å². The van der Waals surface area contributed by atoms with Gasteiger partial charge in [-0.2, -0.15) is 0 Å². The van der Waals surface area contributed by atoms with Crippen LogP contribution in [0.3, 0.4) is 0 Å². The summed E-state index contributed by atoms with van der Waals surface area (Å²) in [6, 6.07) is 4.59. The molecule has 0 amide bonds. The summed E-state index contributed by atoms with van der Waals surface area (Å²) in [7, 11) is 1.47. The maximum Gasteiger partial charge on any atom is 0.314 e. The topological polar surface area (TPSA) is 73.6 Å². The molecule has 0 saturated carbocycles. The number of ether oxygens (including phenoxy) is 2. The van der Waals surface area contributed by atoms with Gasteiger partial charge in [-0.05, 0) is 32.9 Å². The third kappa shape index (κ3) is 5.99. The zero-order chi connectivity index (χ0) is 16.0. The molecule has 0 aliphatic rings. The van der Waals surface area contributed by atoms with E-state index in [2.05, 4.69) is 26.1 Å². The predicted molar refractivity (Wildman–Crippen MR) is 82.1 cm³/mol. The van der Waals surface area contributed by atoms with Crippen LogP contribution in [0.2, 0.25) is 0 Å². The average Bonchev–Trinajstić information content (AvgIpc) is 2.41. The van der Waals surface area contributed by atoms with Crippen molar-refractivity contribution in [2.45, 2.75) is 33.2 Å². The Kier molecular flexibility index (Phi) is 5.96. The second-order valence-corrected chi connectivity index (χ2v) is 6.14. The van der Waals surface area contributed by atoms with Gasteiger partial charge in [0.2, 0.25) is 0 Å². The van der Waals surface area contributed by atoms with Gasteiger partial charge in [0.05, 0.1) is 24.7 Å². The Labute approximate surface area is 125 Å². The first-order chi connectivity index (χ1) is 9.73. The van der Waals surface area contributed by atoms with E-state index in [1.54, 1.807) is 12.1 Å². The molecule has 0 saturated heterocycles. The van der Waals surface area contributed by atoms with Gasteiger partial charge in [0.1, 0.15) is 5.75 Å². The molecule has 21 heavy (non-hydrogen) atoms. The fourth-order valence-corrected chi connectivity index (χ4v) is 1.66. The summed E-state index contributed by atoms with van der Waals surface area (Å²) in [5.41, 5.74) is -0.0364. The molecule has 0 aliphatic heterocycles. The molecule has 6 nitrogen and oxygen atoms in total. The standard InChI is InChI=1S/C15H24N2O4/c1-11(9-16-15(2,3)4)10-21-14-7-6-12(20-5)8-13(14)17(18)19/h6-8,11,16H,9-10H2,1-5H3. The average molecular weight is 296 g/mol. The second-order valence-electron chi connectivity index (χ2n) is 6.14. The van der Waals surface area contributed by atoms with Crippen LogP contribution in [0.15, 0.2) is 18.2 Å². The molecule has 1 unspecified atom stereocenters. The molecule has 0 aromatic heterocycles. The molecular formula is C15H24N2O4. The van der Waals surface area contributed by atoms with Crippen LogP contribution in [-0.4, -0.2) is 30.7 Å². The highest BCUT2D eigenvalue weighted by Gasteiger charge is 2.18. The minimum Gasteiger partial charge on any atom is -0.496 e. The number of nitrogens with zero attached hydrogens (tertiary/aromatic N) is 1. The van der Waals surface area contributed by atoms with E-state index in [9.17, 15) is 10.1 Å². The first-order valence-electron chi connectivity index (χ1n) is 6.93. The minimum absolute atomic E-state index is 0.0420. The Hall–Kier alpha value is -1.82. The normalized spacial score (nSPS) is 12.8. The minimum atomic E-state index is -0.462. The van der Waals surface area contributed by atoms with Crippen LogP contribution in [0.5, 0.6) is 11.5 Å². The highest BCUT2D eigenvalue weighted by molar-refractivity contribution is 5.50. The van der Waals surface area contributed by atoms with Gasteiger partial charge in [-0.15, -0.1) is 0 Å². The first kappa shape index (κ1) is 17.2. The van der Waals surface area contributed by atoms with E-state index in [0.717, 1.165) is 6.54 Å². The van der Waals surface area contributed by atoms with Crippen LogP contribution in [0, 0.1) is 16.0 Å². The molecule has 0 aliphatic carbocycles. The van der Waals surface area contributed by atoms with Crippen LogP contribution in [0.4, 0.5) is 5.69 Å². The van der Waals surface area contributed by atoms with Crippen LogP contribution in [-0.2, 0) is 0 Å². The highest BCUT2D eigenvalue weighted by atomic mass is 16.6. The number of nitrogens with one attached hydrogen (secondary N) is 1. The molecule has 118 valence electrons. The van der Waals surface area contributed by atoms with Crippen molar-refractivity contribution in [3.8, 4) is 11.5 Å². The summed E-state index contributed by atoms with van der Waals surface area (Å²) in [5, 5.41) is 14.4. The zero-order valence-electron chi connectivity index (χ0n) is 13.3. The molecule has 6 heteroatoms. The van der Waals surface area contributed by atoms with Crippen molar-refractivity contribution in [3.05, 3.63) is 28.3 Å². The fourth-order valence-electron chi connectivity index (χ4n) is 1.66. The van der Waals surface area contributed by atoms with Crippen molar-refractivity contribution in [3.63, 3.8) is 0 Å². The molecule has 0 radical (unpaired) electrons. The van der Waals surface area contributed by atoms with E-state index in [0.29, 0.717) is 12.4 Å². The number of nitro benzene ring substituents is 1. The summed E-state index contributed by atoms with van der Waals surface area (Å²) in [6.45, 7) is 9.51. The lowest BCUT2D eigenvalue weighted by Gasteiger charge is -2.23. The van der Waals surface area contributed by atoms with E-state index in [1.807, 2.05) is 6.92 Å². The molecule has 0 spiro atoms. The Balaban J connectivity index is 2.64. The molecule has 1 atom stereocenters. The third-order valence-electron chi connectivity index (χ3n) is 2.87. The van der Waals surface area contributed by atoms with Gasteiger partial charge in [-0.1, -0.05) is 6.92 Å². The zero-order valence-corrected chi connectivity index (χ0v) is 13.3. The summed E-state index contributed by atoms with van der Waals surface area (Å²) < 4.78 is 10.6. The van der Waals surface area contributed by atoms with Crippen LogP contribution >= 0.6 is 0 Å². The van der Waals surface area contributed by atoms with Crippen LogP contribution in [0.1, 0.15) is 27.7 Å². The van der Waals surface area contributed by atoms with E-state index >= 15 is 0 Å². The Bertz CT molecular complexity index is 483. The molecule has 1 rings (SSSR count). The molecule has 1 aromatic rings. The van der Waals surface area contributed by atoms with Gasteiger partial charge in [0.25, 0.3) is 0 Å². The van der Waals surface area contributed by atoms with Crippen molar-refractivity contribution in [1.29, 1.82) is 0 Å². The second kappa shape index (κ2) is 7.26. The van der Waals surface area contributed by atoms with Gasteiger partial charge in [0.15, 0.2) is 5.75 Å². The van der Waals surface area contributed by atoms with Crippen molar-refractivity contribution in [1.82, 2.24) is 5.32 Å². The Morgan fingerprint density at radius 3 is 2.57 bits per heavy atom. The van der Waals surface area contributed by atoms with Gasteiger partial charge < -0.3 is 14.8 Å². The Morgan fingerprint density at radius 2 is 2.05 bits per heavy atom. The van der Waals surface area contributed by atoms with Gasteiger partial charge in [0, 0.05) is 18.0 Å². The lowest BCUT2D eigenvalue weighted by Crippen LogP contribution is -2.39. The lowest BCUT2D eigenvalue weighted by atomic mass is 10.1. The summed E-state index contributed by atoms with van der Waals surface area (Å²) in [5.74, 6) is 0.950. The van der Waals surface area contributed by atoms with E-state index in [1.165, 1.54) is 13.2 Å². The quantitative estimate of drug-likeness (QED) is 0.618. The van der Waals surface area contributed by atoms with E-state index in [-0.39, 0.29) is 22.9 Å². The summed E-state index contributed by atoms with van der Waals surface area (Å²) in [4.78, 5) is 10.6. The number of rotatable bonds is 7. The largest absolute Gasteiger partial charge is 0.496 e. The van der Waals surface area contributed by atoms with E-state index in [4.69, 9.17) is 9.47 Å². The summed E-state index contributed by atoms with van der Waals surface area (Å²) in [6.07, 6.45) is 0. The lowest BCUT2D eigenvalue weighted by molar-refractivity contribution is -0.386. The summed E-state index contributed by atoms with van der Waals surface area (Å²) >= 11 is 0. The van der Waals surface area contributed by atoms with Gasteiger partial charge in [-0.25, -0.2) is 0 Å². The number of benzene rings is 1. The van der Waals surface area contributed by atoms with Crippen LogP contribution in [0.25, 0.3) is 0 Å². The Morgan fingerprint density at radius 1 is 1.38 bits per heavy atom. The van der Waals surface area contributed by atoms with Crippen molar-refractivity contribution in [2.75, 3.05) is 20.3 Å². The van der Waals surface area contributed by atoms with Gasteiger partial charge >= 0.3 is 5.69 Å². The maximum atomic E-state index is 11.0.